The molecule has 1 aliphatic rings. The molecule has 0 bridgehead atoms. The van der Waals surface area contributed by atoms with Gasteiger partial charge in [-0.05, 0) is 24.5 Å². The van der Waals surface area contributed by atoms with Crippen LogP contribution in [0.25, 0.3) is 22.6 Å². The normalized spacial score (nSPS) is 14.5. The van der Waals surface area contributed by atoms with Crippen LogP contribution in [0, 0.1) is 10.1 Å². The van der Waals surface area contributed by atoms with Gasteiger partial charge in [-0.25, -0.2) is 0 Å². The number of non-ortho nitro benzene ring substituents is 1. The lowest BCUT2D eigenvalue weighted by Gasteiger charge is -2.29. The van der Waals surface area contributed by atoms with Crippen molar-refractivity contribution in [2.24, 2.45) is 0 Å². The van der Waals surface area contributed by atoms with E-state index in [0.717, 1.165) is 0 Å². The zero-order valence-corrected chi connectivity index (χ0v) is 19.6. The molecule has 0 saturated heterocycles. The summed E-state index contributed by atoms with van der Waals surface area (Å²) in [6.07, 6.45) is 1.07. The highest BCUT2D eigenvalue weighted by Gasteiger charge is 2.37. The van der Waals surface area contributed by atoms with Crippen LogP contribution in [-0.4, -0.2) is 32.3 Å². The molecule has 0 fully saturated rings. The van der Waals surface area contributed by atoms with E-state index < -0.39 is 11.2 Å². The van der Waals surface area contributed by atoms with Crippen molar-refractivity contribution < 1.29 is 18.9 Å². The predicted octanol–water partition coefficient (Wildman–Crippen LogP) is 5.26. The predicted molar refractivity (Wildman–Crippen MR) is 129 cm³/mol. The van der Waals surface area contributed by atoms with E-state index in [1.54, 1.807) is 31.2 Å². The second-order valence-corrected chi connectivity index (χ2v) is 8.34. The van der Waals surface area contributed by atoms with Crippen LogP contribution in [0.15, 0.2) is 70.2 Å². The molecule has 5 rings (SSSR count). The zero-order chi connectivity index (χ0) is 24.5. The van der Waals surface area contributed by atoms with E-state index in [-0.39, 0.29) is 23.9 Å². The number of hydrogen-bond donors (Lipinski definition) is 0. The van der Waals surface area contributed by atoms with Gasteiger partial charge < -0.3 is 9.15 Å². The molecule has 4 aromatic rings. The largest absolute Gasteiger partial charge is 0.455 e. The van der Waals surface area contributed by atoms with Crippen molar-refractivity contribution in [2.45, 2.75) is 24.7 Å². The van der Waals surface area contributed by atoms with Crippen molar-refractivity contribution in [3.05, 3.63) is 76.5 Å². The first-order chi connectivity index (χ1) is 17.0. The standard InChI is InChI=1S/C24H19N5O5S/c1-3-20(30)28-17-10-5-4-9-16(17)21-22(25-24(35-2)27-26-21)34-23(28)19-12-11-18(33-19)14-7-6-8-15(13-14)29(31)32/h4-13,23H,3H2,1-2H3. The summed E-state index contributed by atoms with van der Waals surface area (Å²) in [5.41, 5.74) is 2.14. The number of furan rings is 1. The van der Waals surface area contributed by atoms with Crippen LogP contribution in [0.5, 0.6) is 5.88 Å². The van der Waals surface area contributed by atoms with Crippen molar-refractivity contribution in [3.63, 3.8) is 0 Å². The Labute approximate surface area is 204 Å². The summed E-state index contributed by atoms with van der Waals surface area (Å²) in [4.78, 5) is 30.0. The minimum absolute atomic E-state index is 0.0517. The fraction of sp³-hybridized carbons (Fsp3) is 0.167. The van der Waals surface area contributed by atoms with Gasteiger partial charge >= 0.3 is 0 Å². The second-order valence-electron chi connectivity index (χ2n) is 7.57. The highest BCUT2D eigenvalue weighted by Crippen LogP contribution is 2.44. The minimum Gasteiger partial charge on any atom is -0.455 e. The summed E-state index contributed by atoms with van der Waals surface area (Å²) in [6, 6.07) is 16.8. The van der Waals surface area contributed by atoms with E-state index >= 15 is 0 Å². The molecule has 1 amide bonds. The van der Waals surface area contributed by atoms with Crippen molar-refractivity contribution in [3.8, 4) is 28.5 Å². The van der Waals surface area contributed by atoms with Gasteiger partial charge in [0, 0.05) is 29.7 Å². The molecule has 3 heterocycles. The molecule has 2 aromatic carbocycles. The monoisotopic (exact) mass is 489 g/mol. The van der Waals surface area contributed by atoms with E-state index in [2.05, 4.69) is 15.2 Å². The van der Waals surface area contributed by atoms with E-state index in [9.17, 15) is 14.9 Å². The Bertz CT molecular complexity index is 1440. The highest BCUT2D eigenvalue weighted by molar-refractivity contribution is 7.98. The number of aromatic nitrogens is 3. The topological polar surface area (TPSA) is 124 Å². The molecule has 176 valence electrons. The number of thioether (sulfide) groups is 1. The average molecular weight is 490 g/mol. The van der Waals surface area contributed by atoms with Gasteiger partial charge in [-0.3, -0.25) is 19.8 Å². The van der Waals surface area contributed by atoms with Gasteiger partial charge in [0.15, 0.2) is 11.5 Å². The van der Waals surface area contributed by atoms with E-state index in [0.29, 0.717) is 39.2 Å². The minimum atomic E-state index is -0.983. The van der Waals surface area contributed by atoms with Gasteiger partial charge in [0.1, 0.15) is 5.76 Å². The number of carbonyl (C=O) groups excluding carboxylic acids is 1. The molecule has 2 aromatic heterocycles. The highest BCUT2D eigenvalue weighted by atomic mass is 32.2. The van der Waals surface area contributed by atoms with Crippen molar-refractivity contribution >= 4 is 29.0 Å². The van der Waals surface area contributed by atoms with Crippen LogP contribution >= 0.6 is 11.8 Å². The maximum Gasteiger partial charge on any atom is 0.270 e. The molecule has 0 N–H and O–H groups in total. The molecule has 1 aliphatic heterocycles. The van der Waals surface area contributed by atoms with Crippen LogP contribution in [0.2, 0.25) is 0 Å². The maximum absolute atomic E-state index is 13.2. The van der Waals surface area contributed by atoms with Gasteiger partial charge in [-0.15, -0.1) is 10.2 Å². The van der Waals surface area contributed by atoms with Gasteiger partial charge in [0.05, 0.1) is 10.6 Å². The first-order valence-electron chi connectivity index (χ1n) is 10.7. The van der Waals surface area contributed by atoms with Gasteiger partial charge in [-0.1, -0.05) is 49.0 Å². The summed E-state index contributed by atoms with van der Waals surface area (Å²) in [5, 5.41) is 20.1. The number of rotatable bonds is 5. The fourth-order valence-corrected chi connectivity index (χ4v) is 4.14. The Morgan fingerprint density at radius 3 is 2.74 bits per heavy atom. The molecule has 35 heavy (non-hydrogen) atoms. The summed E-state index contributed by atoms with van der Waals surface area (Å²) in [6.45, 7) is 1.76. The van der Waals surface area contributed by atoms with Gasteiger partial charge in [0.25, 0.3) is 5.69 Å². The van der Waals surface area contributed by atoms with Crippen LogP contribution in [0.3, 0.4) is 0 Å². The third-order valence-corrected chi connectivity index (χ3v) is 6.02. The summed E-state index contributed by atoms with van der Waals surface area (Å²) >= 11 is 1.32. The Balaban J connectivity index is 1.65. The summed E-state index contributed by atoms with van der Waals surface area (Å²) in [5.74, 6) is 0.767. The Morgan fingerprint density at radius 2 is 1.97 bits per heavy atom. The number of nitro benzene ring substituents is 1. The zero-order valence-electron chi connectivity index (χ0n) is 18.7. The number of para-hydroxylation sites is 1. The molecular formula is C24H19N5O5S. The number of amides is 1. The van der Waals surface area contributed by atoms with Gasteiger partial charge in [0.2, 0.25) is 23.2 Å². The molecule has 1 unspecified atom stereocenters. The molecule has 11 heteroatoms. The molecule has 1 atom stereocenters. The fourth-order valence-electron chi connectivity index (χ4n) is 3.84. The van der Waals surface area contributed by atoms with E-state index in [4.69, 9.17) is 9.15 Å². The third-order valence-electron chi connectivity index (χ3n) is 5.48. The summed E-state index contributed by atoms with van der Waals surface area (Å²) in [7, 11) is 0. The number of hydrogen-bond acceptors (Lipinski definition) is 9. The van der Waals surface area contributed by atoms with Crippen LogP contribution in [0.4, 0.5) is 11.4 Å². The summed E-state index contributed by atoms with van der Waals surface area (Å²) < 4.78 is 12.4. The molecule has 0 radical (unpaired) electrons. The number of fused-ring (bicyclic) bond motifs is 3. The molecule has 0 spiro atoms. The van der Waals surface area contributed by atoms with Crippen LogP contribution in [0.1, 0.15) is 25.3 Å². The lowest BCUT2D eigenvalue weighted by atomic mass is 10.1. The number of ether oxygens (including phenoxy) is 1. The van der Waals surface area contributed by atoms with Crippen molar-refractivity contribution in [2.75, 3.05) is 11.2 Å². The Hall–Kier alpha value is -4.25. The number of nitrogens with zero attached hydrogens (tertiary/aromatic N) is 5. The molecule has 10 nitrogen and oxygen atoms in total. The molecule has 0 aliphatic carbocycles. The van der Waals surface area contributed by atoms with Crippen molar-refractivity contribution in [1.82, 2.24) is 15.2 Å². The van der Waals surface area contributed by atoms with Crippen LogP contribution in [-0.2, 0) is 4.79 Å². The second kappa shape index (κ2) is 9.18. The van der Waals surface area contributed by atoms with Crippen LogP contribution < -0.4 is 9.64 Å². The number of nitro groups is 1. The lowest BCUT2D eigenvalue weighted by Crippen LogP contribution is -2.37. The number of benzene rings is 2. The van der Waals surface area contributed by atoms with Gasteiger partial charge in [-0.2, -0.15) is 4.98 Å². The lowest BCUT2D eigenvalue weighted by molar-refractivity contribution is -0.384. The average Bonchev–Trinajstić information content (AvgIpc) is 3.33. The van der Waals surface area contributed by atoms with E-state index in [1.807, 2.05) is 30.5 Å². The molecular weight excluding hydrogens is 470 g/mol. The molecule has 0 saturated carbocycles. The number of anilines is 1. The number of carbonyl (C=O) groups is 1. The SMILES string of the molecule is CCC(=O)N1c2ccccc2-c2nnc(SC)nc2OC1c1ccc(-c2cccc([N+](=O)[O-])c2)o1. The van der Waals surface area contributed by atoms with E-state index in [1.165, 1.54) is 28.8 Å². The quantitative estimate of drug-likeness (QED) is 0.210. The smallest absolute Gasteiger partial charge is 0.270 e. The third kappa shape index (κ3) is 4.10. The first kappa shape index (κ1) is 22.5. The van der Waals surface area contributed by atoms with Crippen molar-refractivity contribution in [1.29, 1.82) is 0 Å². The maximum atomic E-state index is 13.2. The Morgan fingerprint density at radius 1 is 1.14 bits per heavy atom. The Kier molecular flexibility index (Phi) is 5.91. The first-order valence-corrected chi connectivity index (χ1v) is 11.9.